The molecule has 0 saturated carbocycles. The molecule has 1 atom stereocenters. The normalized spacial score (nSPS) is 12.4. The number of ether oxygens (including phenoxy) is 3. The van der Waals surface area contributed by atoms with Crippen molar-refractivity contribution < 1.29 is 23.8 Å². The van der Waals surface area contributed by atoms with Crippen LogP contribution in [0.25, 0.3) is 0 Å². The maximum atomic E-state index is 11.7. The lowest BCUT2D eigenvalue weighted by molar-refractivity contribution is -0.154. The number of amides is 1. The summed E-state index contributed by atoms with van der Waals surface area (Å²) >= 11 is 0. The van der Waals surface area contributed by atoms with E-state index in [4.69, 9.17) is 9.47 Å². The average Bonchev–Trinajstić information content (AvgIpc) is 2.45. The minimum absolute atomic E-state index is 0.0194. The molecule has 1 unspecified atom stereocenters. The van der Waals surface area contributed by atoms with Gasteiger partial charge in [0.05, 0.1) is 20.3 Å². The largest absolute Gasteiger partial charge is 0.467 e. The summed E-state index contributed by atoms with van der Waals surface area (Å²) < 4.78 is 15.3. The van der Waals surface area contributed by atoms with Crippen LogP contribution in [0.4, 0.5) is 4.79 Å². The fourth-order valence-electron chi connectivity index (χ4n) is 1.60. The third-order valence-electron chi connectivity index (χ3n) is 2.59. The van der Waals surface area contributed by atoms with Gasteiger partial charge in [-0.1, -0.05) is 30.3 Å². The van der Waals surface area contributed by atoms with Gasteiger partial charge in [-0.25, -0.2) is 9.59 Å². The Kier molecular flexibility index (Phi) is 6.85. The molecule has 0 fully saturated rings. The maximum Gasteiger partial charge on any atom is 0.407 e. The molecule has 1 amide bonds. The van der Waals surface area contributed by atoms with Gasteiger partial charge in [-0.2, -0.15) is 0 Å². The Labute approximate surface area is 130 Å². The molecule has 22 heavy (non-hydrogen) atoms. The first-order valence-corrected chi connectivity index (χ1v) is 7.02. The van der Waals surface area contributed by atoms with E-state index in [0.717, 1.165) is 5.56 Å². The zero-order chi connectivity index (χ0) is 16.6. The van der Waals surface area contributed by atoms with Crippen LogP contribution >= 0.6 is 0 Å². The van der Waals surface area contributed by atoms with Gasteiger partial charge in [0.2, 0.25) is 0 Å². The summed E-state index contributed by atoms with van der Waals surface area (Å²) in [4.78, 5) is 23.3. The highest BCUT2D eigenvalue weighted by Gasteiger charge is 2.23. The van der Waals surface area contributed by atoms with Crippen molar-refractivity contribution in [3.63, 3.8) is 0 Å². The lowest BCUT2D eigenvalue weighted by Crippen LogP contribution is -2.41. The van der Waals surface area contributed by atoms with Crippen LogP contribution in [-0.4, -0.2) is 37.4 Å². The highest BCUT2D eigenvalue weighted by Crippen LogP contribution is 2.07. The fourth-order valence-corrected chi connectivity index (χ4v) is 1.60. The third kappa shape index (κ3) is 7.08. The van der Waals surface area contributed by atoms with Gasteiger partial charge in [0.15, 0.2) is 6.10 Å². The second-order valence-electron chi connectivity index (χ2n) is 5.69. The first kappa shape index (κ1) is 18.0. The van der Waals surface area contributed by atoms with Gasteiger partial charge in [0, 0.05) is 0 Å². The number of carbonyl (C=O) groups excluding carboxylic acids is 2. The molecule has 0 aliphatic carbocycles. The Morgan fingerprint density at radius 3 is 2.36 bits per heavy atom. The van der Waals surface area contributed by atoms with Gasteiger partial charge < -0.3 is 19.5 Å². The van der Waals surface area contributed by atoms with Crippen LogP contribution in [0.15, 0.2) is 30.3 Å². The summed E-state index contributed by atoms with van der Waals surface area (Å²) in [6.45, 7) is 5.51. The van der Waals surface area contributed by atoms with E-state index < -0.39 is 23.8 Å². The molecule has 1 N–H and O–H groups in total. The number of hydrogen-bond acceptors (Lipinski definition) is 5. The van der Waals surface area contributed by atoms with E-state index in [1.165, 1.54) is 7.11 Å². The van der Waals surface area contributed by atoms with Gasteiger partial charge in [0.1, 0.15) is 5.60 Å². The zero-order valence-corrected chi connectivity index (χ0v) is 13.4. The molecule has 6 heteroatoms. The summed E-state index contributed by atoms with van der Waals surface area (Å²) in [6, 6.07) is 9.42. The number of hydrogen-bond donors (Lipinski definition) is 1. The van der Waals surface area contributed by atoms with Crippen LogP contribution in [0.1, 0.15) is 26.3 Å². The molecule has 0 aliphatic rings. The lowest BCUT2D eigenvalue weighted by atomic mass is 10.2. The smallest absolute Gasteiger partial charge is 0.407 e. The molecule has 1 rings (SSSR count). The van der Waals surface area contributed by atoms with Crippen LogP contribution < -0.4 is 5.32 Å². The van der Waals surface area contributed by atoms with Crippen LogP contribution in [0.3, 0.4) is 0 Å². The van der Waals surface area contributed by atoms with Gasteiger partial charge in [0.25, 0.3) is 0 Å². The Morgan fingerprint density at radius 1 is 1.18 bits per heavy atom. The number of benzene rings is 1. The summed E-state index contributed by atoms with van der Waals surface area (Å²) in [5, 5.41) is 2.50. The van der Waals surface area contributed by atoms with Crippen LogP contribution in [-0.2, 0) is 25.6 Å². The van der Waals surface area contributed by atoms with Crippen molar-refractivity contribution >= 4 is 12.1 Å². The predicted octanol–water partition coefficient (Wildman–Crippen LogP) is 2.27. The van der Waals surface area contributed by atoms with Gasteiger partial charge in [-0.05, 0) is 26.3 Å². The van der Waals surface area contributed by atoms with Crippen molar-refractivity contribution in [1.82, 2.24) is 5.32 Å². The summed E-state index contributed by atoms with van der Waals surface area (Å²) in [7, 11) is 1.27. The second kappa shape index (κ2) is 8.38. The first-order chi connectivity index (χ1) is 10.3. The summed E-state index contributed by atoms with van der Waals surface area (Å²) in [6.07, 6.45) is -1.50. The first-order valence-electron chi connectivity index (χ1n) is 7.02. The zero-order valence-electron chi connectivity index (χ0n) is 13.4. The molecule has 6 nitrogen and oxygen atoms in total. The molecule has 0 radical (unpaired) electrons. The standard InChI is InChI=1S/C16H23NO5/c1-16(2,3)22-15(19)17-10-13(14(18)20-4)21-11-12-8-6-5-7-9-12/h5-9,13H,10-11H2,1-4H3,(H,17,19). The molecular weight excluding hydrogens is 286 g/mol. The van der Waals surface area contributed by atoms with E-state index in [-0.39, 0.29) is 13.2 Å². The van der Waals surface area contributed by atoms with E-state index in [9.17, 15) is 9.59 Å². The molecule has 1 aromatic rings. The van der Waals surface area contributed by atoms with Crippen LogP contribution in [0.2, 0.25) is 0 Å². The summed E-state index contributed by atoms with van der Waals surface area (Å²) in [5.41, 5.74) is 0.323. The van der Waals surface area contributed by atoms with Crippen molar-refractivity contribution in [2.24, 2.45) is 0 Å². The van der Waals surface area contributed by atoms with E-state index >= 15 is 0 Å². The number of esters is 1. The van der Waals surface area contributed by atoms with E-state index in [1.54, 1.807) is 20.8 Å². The molecule has 0 spiro atoms. The van der Waals surface area contributed by atoms with Gasteiger partial charge >= 0.3 is 12.1 Å². The van der Waals surface area contributed by atoms with Gasteiger partial charge in [-0.3, -0.25) is 0 Å². The van der Waals surface area contributed by atoms with Gasteiger partial charge in [-0.15, -0.1) is 0 Å². The molecule has 0 heterocycles. The van der Waals surface area contributed by atoms with Crippen molar-refractivity contribution in [3.05, 3.63) is 35.9 Å². The van der Waals surface area contributed by atoms with E-state index in [2.05, 4.69) is 10.1 Å². The molecule has 0 aliphatic heterocycles. The van der Waals surface area contributed by atoms with Crippen molar-refractivity contribution in [2.75, 3.05) is 13.7 Å². The Morgan fingerprint density at radius 2 is 1.82 bits per heavy atom. The number of nitrogens with one attached hydrogen (secondary N) is 1. The lowest BCUT2D eigenvalue weighted by Gasteiger charge is -2.21. The molecular formula is C16H23NO5. The van der Waals surface area contributed by atoms with E-state index in [1.807, 2.05) is 30.3 Å². The summed E-state index contributed by atoms with van der Waals surface area (Å²) in [5.74, 6) is -0.549. The SMILES string of the molecule is COC(=O)C(CNC(=O)OC(C)(C)C)OCc1ccccc1. The fraction of sp³-hybridized carbons (Fsp3) is 0.500. The number of rotatable bonds is 6. The van der Waals surface area contributed by atoms with Crippen molar-refractivity contribution in [2.45, 2.75) is 39.1 Å². The Hall–Kier alpha value is -2.08. The average molecular weight is 309 g/mol. The van der Waals surface area contributed by atoms with Crippen LogP contribution in [0.5, 0.6) is 0 Å². The Bertz CT molecular complexity index is 481. The third-order valence-corrected chi connectivity index (χ3v) is 2.59. The van der Waals surface area contributed by atoms with Crippen molar-refractivity contribution in [1.29, 1.82) is 0 Å². The predicted molar refractivity (Wildman–Crippen MR) is 81.3 cm³/mol. The molecule has 0 saturated heterocycles. The molecule has 1 aromatic carbocycles. The Balaban J connectivity index is 2.51. The molecule has 0 bridgehead atoms. The molecule has 122 valence electrons. The monoisotopic (exact) mass is 309 g/mol. The minimum atomic E-state index is -0.891. The highest BCUT2D eigenvalue weighted by atomic mass is 16.6. The number of alkyl carbamates (subject to hydrolysis) is 1. The number of methoxy groups -OCH3 is 1. The van der Waals surface area contributed by atoms with E-state index in [0.29, 0.717) is 0 Å². The van der Waals surface area contributed by atoms with Crippen molar-refractivity contribution in [3.8, 4) is 0 Å². The molecule has 0 aromatic heterocycles. The topological polar surface area (TPSA) is 73.9 Å². The minimum Gasteiger partial charge on any atom is -0.467 e. The second-order valence-corrected chi connectivity index (χ2v) is 5.69. The highest BCUT2D eigenvalue weighted by molar-refractivity contribution is 5.76. The maximum absolute atomic E-state index is 11.7. The number of carbonyl (C=O) groups is 2. The quantitative estimate of drug-likeness (QED) is 0.816. The van der Waals surface area contributed by atoms with Crippen LogP contribution in [0, 0.1) is 0 Å².